The van der Waals surface area contributed by atoms with Gasteiger partial charge < -0.3 is 75.8 Å². The lowest BCUT2D eigenvalue weighted by Crippen LogP contribution is -2.04. The van der Waals surface area contributed by atoms with Crippen molar-refractivity contribution in [1.29, 1.82) is 0 Å². The zero-order chi connectivity index (χ0) is 94.2. The zero-order valence-electron chi connectivity index (χ0n) is 83.3. The fourth-order valence-electron chi connectivity index (χ4n) is 12.3. The van der Waals surface area contributed by atoms with Crippen molar-refractivity contribution in [2.75, 3.05) is 143 Å². The Morgan fingerprint density at radius 1 is 0.155 bits per heavy atom. The van der Waals surface area contributed by atoms with Gasteiger partial charge in [0.05, 0.1) is 72.7 Å². The molecule has 129 heavy (non-hydrogen) atoms. The summed E-state index contributed by atoms with van der Waals surface area (Å²) in [7, 11) is 15.4. The van der Waals surface area contributed by atoms with E-state index in [2.05, 4.69) is 208 Å². The molecule has 9 aromatic rings. The SMILES string of the molecule is CCCCCOc1ccc(COC)cc1.CCCOc1ccc(COC)cc1.CCCc1ccc(OCCCCCCOC)cc1.CCCc1ccc(OCCCCCOC)cc1.CCCc1ccc(OCCCCOC)cc1.CCCc1ccc(OCCCOC)cc1.CCCc1ccc(OCCOC)cc1.CCc1ccc(COC)cc1.COCc1ccc(C)cc1. The molecule has 0 fully saturated rings. The molecule has 16 heteroatoms. The van der Waals surface area contributed by atoms with E-state index in [9.17, 15) is 0 Å². The molecule has 0 aliphatic heterocycles. The predicted molar refractivity (Wildman–Crippen MR) is 539 cm³/mol. The van der Waals surface area contributed by atoms with Crippen molar-refractivity contribution in [1.82, 2.24) is 0 Å². The molecule has 0 aliphatic carbocycles. The summed E-state index contributed by atoms with van der Waals surface area (Å²) in [4.78, 5) is 0. The third kappa shape index (κ3) is 68.0. The number of rotatable bonds is 57. The second-order valence-corrected chi connectivity index (χ2v) is 31.3. The summed E-state index contributed by atoms with van der Waals surface area (Å²) >= 11 is 0. The van der Waals surface area contributed by atoms with E-state index in [4.69, 9.17) is 75.8 Å². The maximum absolute atomic E-state index is 5.71. The number of benzene rings is 9. The second-order valence-electron chi connectivity index (χ2n) is 31.3. The Hall–Kier alpha value is -8.78. The molecule has 0 saturated carbocycles. The van der Waals surface area contributed by atoms with Crippen LogP contribution >= 0.6 is 0 Å². The van der Waals surface area contributed by atoms with Crippen LogP contribution in [0.25, 0.3) is 0 Å². The predicted octanol–water partition coefficient (Wildman–Crippen LogP) is 27.8. The Kier molecular flexibility index (Phi) is 79.9. The molecular formula is C113H172O16. The van der Waals surface area contributed by atoms with Crippen LogP contribution in [0.1, 0.15) is 239 Å². The maximum atomic E-state index is 5.71. The lowest BCUT2D eigenvalue weighted by molar-refractivity contribution is 0.146. The van der Waals surface area contributed by atoms with E-state index in [1.807, 2.05) is 72.8 Å². The van der Waals surface area contributed by atoms with Gasteiger partial charge in [0.2, 0.25) is 0 Å². The summed E-state index contributed by atoms with van der Waals surface area (Å²) in [5.41, 5.74) is 14.4. The highest BCUT2D eigenvalue weighted by Crippen LogP contribution is 2.21. The third-order valence-electron chi connectivity index (χ3n) is 19.5. The molecule has 0 amide bonds. The van der Waals surface area contributed by atoms with Gasteiger partial charge in [0.25, 0.3) is 0 Å². The van der Waals surface area contributed by atoms with Gasteiger partial charge in [-0.3, -0.25) is 0 Å². The van der Waals surface area contributed by atoms with E-state index < -0.39 is 0 Å². The maximum Gasteiger partial charge on any atom is 0.119 e. The van der Waals surface area contributed by atoms with Crippen LogP contribution < -0.4 is 33.2 Å². The fourth-order valence-corrected chi connectivity index (χ4v) is 12.3. The first-order valence-corrected chi connectivity index (χ1v) is 47.8. The van der Waals surface area contributed by atoms with Gasteiger partial charge in [-0.1, -0.05) is 246 Å². The Morgan fingerprint density at radius 3 is 0.612 bits per heavy atom. The topological polar surface area (TPSA) is 148 Å². The molecule has 0 aromatic heterocycles. The van der Waals surface area contributed by atoms with E-state index in [-0.39, 0.29) is 0 Å². The number of ether oxygens (including phenoxy) is 16. The van der Waals surface area contributed by atoms with E-state index >= 15 is 0 Å². The Bertz CT molecular complexity index is 3750. The van der Waals surface area contributed by atoms with Crippen LogP contribution in [0.5, 0.6) is 40.2 Å². The minimum Gasteiger partial charge on any atom is -0.494 e. The van der Waals surface area contributed by atoms with Crippen molar-refractivity contribution < 1.29 is 75.8 Å². The zero-order valence-corrected chi connectivity index (χ0v) is 83.3. The number of unbranched alkanes of at least 4 members (excludes halogenated alkanes) is 8. The molecule has 9 rings (SSSR count). The molecule has 0 radical (unpaired) electrons. The molecule has 9 aromatic carbocycles. The quantitative estimate of drug-likeness (QED) is 0.0333. The summed E-state index contributed by atoms with van der Waals surface area (Å²) < 4.78 is 84.0. The molecular weight excluding hydrogens is 1610 g/mol. The highest BCUT2D eigenvalue weighted by atomic mass is 16.5. The molecule has 16 nitrogen and oxygen atoms in total. The van der Waals surface area contributed by atoms with Gasteiger partial charge in [0.15, 0.2) is 0 Å². The first kappa shape index (κ1) is 118. The molecule has 0 saturated heterocycles. The van der Waals surface area contributed by atoms with Gasteiger partial charge in [0.1, 0.15) is 46.9 Å². The molecule has 0 heterocycles. The van der Waals surface area contributed by atoms with Crippen LogP contribution in [0, 0.1) is 6.92 Å². The van der Waals surface area contributed by atoms with Crippen LogP contribution in [0.15, 0.2) is 218 Å². The van der Waals surface area contributed by atoms with Gasteiger partial charge in [-0.2, -0.15) is 0 Å². The molecule has 0 atom stereocenters. The second kappa shape index (κ2) is 87.2. The van der Waals surface area contributed by atoms with E-state index in [1.165, 1.54) is 125 Å². The van der Waals surface area contributed by atoms with Crippen molar-refractivity contribution in [2.24, 2.45) is 0 Å². The average molecular weight is 1790 g/mol. The number of methoxy groups -OCH3 is 9. The van der Waals surface area contributed by atoms with Crippen molar-refractivity contribution in [2.45, 2.75) is 249 Å². The van der Waals surface area contributed by atoms with Crippen molar-refractivity contribution in [3.05, 3.63) is 280 Å². The minimum absolute atomic E-state index is 0.615. The highest BCUT2D eigenvalue weighted by Gasteiger charge is 2.04. The molecule has 0 unspecified atom stereocenters. The number of hydrogen-bond acceptors (Lipinski definition) is 16. The average Bonchev–Trinajstić information content (AvgIpc) is 0.904. The number of hydrogen-bond donors (Lipinski definition) is 0. The molecule has 0 bridgehead atoms. The molecule has 720 valence electrons. The Balaban J connectivity index is 0.000000729. The van der Waals surface area contributed by atoms with E-state index in [0.29, 0.717) is 39.6 Å². The molecule has 0 spiro atoms. The summed E-state index contributed by atoms with van der Waals surface area (Å²) in [5.74, 6) is 6.70. The van der Waals surface area contributed by atoms with Crippen LogP contribution in [-0.2, 0) is 108 Å². The Labute approximate surface area is 783 Å². The first-order valence-electron chi connectivity index (χ1n) is 47.8. The van der Waals surface area contributed by atoms with E-state index in [1.54, 1.807) is 64.0 Å². The lowest BCUT2D eigenvalue weighted by atomic mass is 10.1. The van der Waals surface area contributed by atoms with Crippen molar-refractivity contribution >= 4 is 0 Å². The monoisotopic (exact) mass is 1790 g/mol. The summed E-state index contributed by atoms with van der Waals surface area (Å²) in [5, 5.41) is 0. The normalized spacial score (nSPS) is 10.2. The largest absolute Gasteiger partial charge is 0.494 e. The molecule has 0 N–H and O–H groups in total. The summed E-state index contributed by atoms with van der Waals surface area (Å²) in [6, 6.07) is 74.9. The van der Waals surface area contributed by atoms with Gasteiger partial charge in [-0.15, -0.1) is 0 Å². The van der Waals surface area contributed by atoms with Crippen LogP contribution in [0.3, 0.4) is 0 Å². The summed E-state index contributed by atoms with van der Waals surface area (Å²) in [6.45, 7) is 31.5. The standard InChI is InChI=1S/C16H26O2.C15H24O2.C14H22O2.2C13H20O2.C12H18O2.C11H16O2.C10H14O.C9H12O/c1-3-8-15-9-11-16(12-10-15)18-14-7-5-4-6-13-17-2;1-3-7-14-8-10-15(11-9-14)17-13-6-4-5-12-16-2;1-3-6-13-7-9-14(10-8-13)16-12-5-4-11-15-2;1-3-5-12-6-8-13(9-7-12)15-11-4-10-14-2;1-3-4-5-10-15-13-8-6-12(7-9-13)11-14-2;1-3-4-11-5-7-12(8-6-11)14-10-9-13-2;1-3-8-13-11-6-4-10(5-7-11)9-12-2;1-3-9-4-6-10(7-5-9)8-11-2;1-8-3-5-9(6-4-8)7-10-2/h9-12H,3-8,13-14H2,1-2H3;8-11H,3-7,12-13H2,1-2H3;7-10H,3-6,11-12H2,1-2H3;2*6-9H,3-5,10-11H2,1-2H3;5-8H,3-4,9-10H2,1-2H3;4-7H,3,8-9H2,1-2H3;4-7H,3,8H2,1-2H3;3-6H,7H2,1-2H3. The fraction of sp³-hybridized carbons (Fsp3) is 0.522. The van der Waals surface area contributed by atoms with E-state index in [0.717, 1.165) is 203 Å². The summed E-state index contributed by atoms with van der Waals surface area (Å²) in [6.07, 6.45) is 28.6. The van der Waals surface area contributed by atoms with Gasteiger partial charge in [-0.05, 0) is 250 Å². The van der Waals surface area contributed by atoms with Crippen LogP contribution in [0.4, 0.5) is 0 Å². The van der Waals surface area contributed by atoms with Crippen LogP contribution in [0.2, 0.25) is 0 Å². The van der Waals surface area contributed by atoms with Crippen molar-refractivity contribution in [3.8, 4) is 40.2 Å². The number of aryl methyl sites for hydroxylation is 7. The van der Waals surface area contributed by atoms with Crippen molar-refractivity contribution in [3.63, 3.8) is 0 Å². The van der Waals surface area contributed by atoms with Crippen LogP contribution in [-0.4, -0.2) is 143 Å². The third-order valence-corrected chi connectivity index (χ3v) is 19.5. The van der Waals surface area contributed by atoms with Gasteiger partial charge in [-0.25, -0.2) is 0 Å². The Morgan fingerprint density at radius 2 is 0.357 bits per heavy atom. The van der Waals surface area contributed by atoms with Gasteiger partial charge >= 0.3 is 0 Å². The lowest BCUT2D eigenvalue weighted by Gasteiger charge is -2.07. The minimum atomic E-state index is 0.615. The highest BCUT2D eigenvalue weighted by molar-refractivity contribution is 5.33. The first-order chi connectivity index (χ1) is 63.2. The molecule has 0 aliphatic rings. The van der Waals surface area contributed by atoms with Gasteiger partial charge in [0, 0.05) is 96.8 Å². The smallest absolute Gasteiger partial charge is 0.119 e.